The maximum atomic E-state index is 10.3. The summed E-state index contributed by atoms with van der Waals surface area (Å²) >= 11 is 0. The molecule has 1 aromatic rings. The molecule has 3 heteroatoms. The number of rotatable bonds is 5. The summed E-state index contributed by atoms with van der Waals surface area (Å²) in [5, 5.41) is 15.0. The molecule has 19 heavy (non-hydrogen) atoms. The van der Waals surface area contributed by atoms with Gasteiger partial charge in [-0.05, 0) is 30.7 Å². The highest BCUT2D eigenvalue weighted by atomic mass is 16.3. The van der Waals surface area contributed by atoms with E-state index in [0.29, 0.717) is 12.5 Å². The molecule has 108 valence electrons. The molecule has 1 fully saturated rings. The highest BCUT2D eigenvalue weighted by Crippen LogP contribution is 2.29. The van der Waals surface area contributed by atoms with E-state index in [-0.39, 0.29) is 11.5 Å². The van der Waals surface area contributed by atoms with Crippen LogP contribution >= 0.6 is 0 Å². The third-order valence-electron chi connectivity index (χ3n) is 4.83. The minimum absolute atomic E-state index is 0.0331. The van der Waals surface area contributed by atoms with Gasteiger partial charge in [0.15, 0.2) is 0 Å². The Bertz CT molecular complexity index is 391. The smallest absolute Gasteiger partial charge is 0.0650 e. The molecule has 3 nitrogen and oxygen atoms in total. The Morgan fingerprint density at radius 3 is 2.68 bits per heavy atom. The van der Waals surface area contributed by atoms with Crippen molar-refractivity contribution in [2.45, 2.75) is 77.9 Å². The lowest BCUT2D eigenvalue weighted by atomic mass is 9.82. The fourth-order valence-electron chi connectivity index (χ4n) is 2.75. The molecule has 2 rings (SSSR count). The fourth-order valence-corrected chi connectivity index (χ4v) is 2.75. The second kappa shape index (κ2) is 6.08. The van der Waals surface area contributed by atoms with Gasteiger partial charge in [-0.2, -0.15) is 5.10 Å². The fraction of sp³-hybridized carbons (Fsp3) is 0.812. The zero-order chi connectivity index (χ0) is 13.9. The number of hydrogen-bond donors (Lipinski definition) is 1. The first-order chi connectivity index (χ1) is 9.03. The van der Waals surface area contributed by atoms with Crippen LogP contribution in [0.3, 0.4) is 0 Å². The molecule has 0 spiro atoms. The van der Waals surface area contributed by atoms with Crippen LogP contribution in [0.5, 0.6) is 0 Å². The number of aromatic nitrogens is 2. The molecule has 0 amide bonds. The first-order valence-corrected chi connectivity index (χ1v) is 7.75. The molecule has 1 unspecified atom stereocenters. The number of nitrogens with zero attached hydrogens (tertiary/aromatic N) is 2. The van der Waals surface area contributed by atoms with Crippen molar-refractivity contribution < 1.29 is 5.11 Å². The van der Waals surface area contributed by atoms with Gasteiger partial charge in [0.05, 0.1) is 17.8 Å². The molecule has 1 heterocycles. The molecule has 0 aliphatic heterocycles. The van der Waals surface area contributed by atoms with E-state index in [1.165, 1.54) is 32.1 Å². The molecule has 1 aromatic heterocycles. The lowest BCUT2D eigenvalue weighted by Gasteiger charge is -2.28. The van der Waals surface area contributed by atoms with Gasteiger partial charge in [-0.1, -0.05) is 40.0 Å². The predicted molar refractivity (Wildman–Crippen MR) is 78.1 cm³/mol. The van der Waals surface area contributed by atoms with Crippen molar-refractivity contribution in [1.29, 1.82) is 0 Å². The van der Waals surface area contributed by atoms with E-state index in [1.807, 2.05) is 0 Å². The van der Waals surface area contributed by atoms with Crippen molar-refractivity contribution in [3.63, 3.8) is 0 Å². The Labute approximate surface area is 117 Å². The molecule has 0 bridgehead atoms. The maximum absolute atomic E-state index is 10.3. The summed E-state index contributed by atoms with van der Waals surface area (Å²) in [6, 6.07) is 2.66. The van der Waals surface area contributed by atoms with Crippen LogP contribution in [0, 0.1) is 5.41 Å². The summed E-state index contributed by atoms with van der Waals surface area (Å²) < 4.78 is 2.13. The SMILES string of the molecule is CCC(C)(C)C(O)Cc1ccn(C2CCCCC2)n1. The van der Waals surface area contributed by atoms with Crippen molar-refractivity contribution in [3.8, 4) is 0 Å². The summed E-state index contributed by atoms with van der Waals surface area (Å²) in [5.41, 5.74) is 0.994. The van der Waals surface area contributed by atoms with Crippen molar-refractivity contribution in [2.24, 2.45) is 5.41 Å². The highest BCUT2D eigenvalue weighted by molar-refractivity contribution is 5.03. The van der Waals surface area contributed by atoms with Crippen molar-refractivity contribution in [3.05, 3.63) is 18.0 Å². The van der Waals surface area contributed by atoms with Crippen LogP contribution < -0.4 is 0 Å². The van der Waals surface area contributed by atoms with Gasteiger partial charge in [-0.15, -0.1) is 0 Å². The quantitative estimate of drug-likeness (QED) is 0.880. The first kappa shape index (κ1) is 14.6. The van der Waals surface area contributed by atoms with Gasteiger partial charge in [0.1, 0.15) is 0 Å². The van der Waals surface area contributed by atoms with Crippen LogP contribution in [0.1, 0.15) is 71.0 Å². The Morgan fingerprint density at radius 2 is 2.05 bits per heavy atom. The standard InChI is InChI=1S/C16H28N2O/c1-4-16(2,3)15(19)12-13-10-11-18(17-13)14-8-6-5-7-9-14/h10-11,14-15,19H,4-9,12H2,1-3H3. The molecule has 0 aromatic carbocycles. The minimum atomic E-state index is -0.313. The van der Waals surface area contributed by atoms with Crippen molar-refractivity contribution in [2.75, 3.05) is 0 Å². The summed E-state index contributed by atoms with van der Waals surface area (Å²) in [5.74, 6) is 0. The molecule has 0 saturated heterocycles. The van der Waals surface area contributed by atoms with Crippen molar-refractivity contribution in [1.82, 2.24) is 9.78 Å². The van der Waals surface area contributed by atoms with Gasteiger partial charge in [-0.3, -0.25) is 4.68 Å². The molecule has 1 saturated carbocycles. The van der Waals surface area contributed by atoms with Crippen LogP contribution in [-0.4, -0.2) is 21.0 Å². The van der Waals surface area contributed by atoms with E-state index in [1.54, 1.807) is 0 Å². The van der Waals surface area contributed by atoms with Gasteiger partial charge in [0.25, 0.3) is 0 Å². The molecule has 1 aliphatic carbocycles. The third kappa shape index (κ3) is 3.59. The summed E-state index contributed by atoms with van der Waals surface area (Å²) in [4.78, 5) is 0. The van der Waals surface area contributed by atoms with E-state index in [9.17, 15) is 5.11 Å². The van der Waals surface area contributed by atoms with Gasteiger partial charge >= 0.3 is 0 Å². The Morgan fingerprint density at radius 1 is 1.37 bits per heavy atom. The Hall–Kier alpha value is -0.830. The minimum Gasteiger partial charge on any atom is -0.392 e. The lowest BCUT2D eigenvalue weighted by Crippen LogP contribution is -2.30. The molecule has 1 atom stereocenters. The van der Waals surface area contributed by atoms with E-state index < -0.39 is 0 Å². The number of hydrogen-bond acceptors (Lipinski definition) is 2. The topological polar surface area (TPSA) is 38.0 Å². The second-order valence-electron chi connectivity index (χ2n) is 6.64. The normalized spacial score (nSPS) is 19.6. The van der Waals surface area contributed by atoms with Gasteiger partial charge in [0, 0.05) is 12.6 Å². The van der Waals surface area contributed by atoms with Crippen LogP contribution in [-0.2, 0) is 6.42 Å². The second-order valence-corrected chi connectivity index (χ2v) is 6.64. The van der Waals surface area contributed by atoms with E-state index >= 15 is 0 Å². The van der Waals surface area contributed by atoms with Crippen LogP contribution in [0.2, 0.25) is 0 Å². The number of aliphatic hydroxyl groups is 1. The maximum Gasteiger partial charge on any atom is 0.0650 e. The van der Waals surface area contributed by atoms with Crippen molar-refractivity contribution >= 4 is 0 Å². The molecule has 1 N–H and O–H groups in total. The summed E-state index contributed by atoms with van der Waals surface area (Å²) in [6.07, 6.45) is 9.96. The van der Waals surface area contributed by atoms with Crippen LogP contribution in [0.15, 0.2) is 12.3 Å². The van der Waals surface area contributed by atoms with E-state index in [4.69, 9.17) is 0 Å². The zero-order valence-corrected chi connectivity index (χ0v) is 12.6. The van der Waals surface area contributed by atoms with Crippen LogP contribution in [0.25, 0.3) is 0 Å². The molecule has 0 radical (unpaired) electrons. The van der Waals surface area contributed by atoms with E-state index in [0.717, 1.165) is 12.1 Å². The average molecular weight is 264 g/mol. The van der Waals surface area contributed by atoms with E-state index in [2.05, 4.69) is 42.8 Å². The lowest BCUT2D eigenvalue weighted by molar-refractivity contribution is 0.0470. The monoisotopic (exact) mass is 264 g/mol. The largest absolute Gasteiger partial charge is 0.392 e. The van der Waals surface area contributed by atoms with Gasteiger partial charge < -0.3 is 5.11 Å². The predicted octanol–water partition coefficient (Wildman–Crippen LogP) is 3.73. The summed E-state index contributed by atoms with van der Waals surface area (Å²) in [6.45, 7) is 6.37. The van der Waals surface area contributed by atoms with Gasteiger partial charge in [-0.25, -0.2) is 0 Å². The molecular weight excluding hydrogens is 236 g/mol. The average Bonchev–Trinajstić information content (AvgIpc) is 2.88. The molecular formula is C16H28N2O. The summed E-state index contributed by atoms with van der Waals surface area (Å²) in [7, 11) is 0. The Balaban J connectivity index is 1.97. The van der Waals surface area contributed by atoms with Gasteiger partial charge in [0.2, 0.25) is 0 Å². The molecule has 1 aliphatic rings. The first-order valence-electron chi connectivity index (χ1n) is 7.75. The van der Waals surface area contributed by atoms with Crippen LogP contribution in [0.4, 0.5) is 0 Å². The highest BCUT2D eigenvalue weighted by Gasteiger charge is 2.26. The Kier molecular flexibility index (Phi) is 4.67. The number of aliphatic hydroxyl groups excluding tert-OH is 1. The zero-order valence-electron chi connectivity index (χ0n) is 12.6. The third-order valence-corrected chi connectivity index (χ3v) is 4.83.